The molecule has 0 aliphatic carbocycles. The van der Waals surface area contributed by atoms with Gasteiger partial charge in [-0.15, -0.1) is 6.58 Å². The minimum Gasteiger partial charge on any atom is -0.494 e. The molecule has 1 aliphatic rings. The van der Waals surface area contributed by atoms with Gasteiger partial charge in [-0.2, -0.15) is 5.10 Å². The van der Waals surface area contributed by atoms with Gasteiger partial charge >= 0.3 is 0 Å². The second kappa shape index (κ2) is 27.4. The van der Waals surface area contributed by atoms with Crippen LogP contribution in [0.4, 0.5) is 5.95 Å². The maximum Gasteiger partial charge on any atom is 0.295 e. The lowest BCUT2D eigenvalue weighted by molar-refractivity contribution is -0.143. The van der Waals surface area contributed by atoms with Crippen LogP contribution < -0.4 is 37.0 Å². The van der Waals surface area contributed by atoms with Crippen molar-refractivity contribution >= 4 is 85.4 Å². The van der Waals surface area contributed by atoms with Gasteiger partial charge in [0.2, 0.25) is 41.2 Å². The van der Waals surface area contributed by atoms with Crippen LogP contribution in [0.25, 0.3) is 32.6 Å². The Labute approximate surface area is 487 Å². The van der Waals surface area contributed by atoms with E-state index < -0.39 is 54.1 Å². The minimum atomic E-state index is -0.932. The number of imidazole rings is 1. The summed E-state index contributed by atoms with van der Waals surface area (Å²) < 4.78 is 18.4. The standard InChI is InChI=1S/C61H77N13O8S/c1-13-16-24-46(67-51(75)33-73-52(76)32-44(34(4)5)59(73)80)57(78)64-38(9)35(6)22-18-17-19-23-41-28-43(56(63)77)29-47-53(41)71(60(68-47)69-58(79)55-45(14-2)66-40(11)82-55)25-20-21-26-72-54-49(81-12)30-42(37(8)62)31-50(54)83-61(72)65-39(10)48-27-36(7)70-74(48)15-3/h13,20-21,27-31,34,38,44,46H,1,6,8,10,14-19,22-26,32-33,62H2,2-5,7,9,11-12H3,(H2,63,77)(H,64,78)(H,67,75)(H,68,69,79)/b21-20+,65-61-/t38-,44?,46?/m0/s1. The quantitative estimate of drug-likeness (QED) is 0.0169. The number of nitrogens with zero attached hydrogens (tertiary/aromatic N) is 8. The Hall–Kier alpha value is -8.66. The molecule has 0 spiro atoms. The number of methoxy groups -OCH3 is 1. The van der Waals surface area contributed by atoms with E-state index >= 15 is 0 Å². The molecule has 7 N–H and O–H groups in total. The Morgan fingerprint density at radius 1 is 0.940 bits per heavy atom. The fourth-order valence-corrected chi connectivity index (χ4v) is 11.3. The summed E-state index contributed by atoms with van der Waals surface area (Å²) in [4.78, 5) is 95.1. The third-order valence-corrected chi connectivity index (χ3v) is 15.7. The lowest BCUT2D eigenvalue weighted by atomic mass is 9.94. The number of aromatic nitrogens is 6. The van der Waals surface area contributed by atoms with E-state index in [0.717, 1.165) is 56.0 Å². The molecule has 22 heteroatoms. The van der Waals surface area contributed by atoms with Crippen LogP contribution in [0.5, 0.6) is 5.75 Å². The lowest BCUT2D eigenvalue weighted by Gasteiger charge is -2.23. The van der Waals surface area contributed by atoms with Crippen LogP contribution in [-0.4, -0.2) is 95.0 Å². The summed E-state index contributed by atoms with van der Waals surface area (Å²) >= 11 is 1.46. The normalized spacial score (nSPS) is 14.5. The fraction of sp³-hybridized carbons (Fsp3) is 0.410. The van der Waals surface area contributed by atoms with Crippen LogP contribution in [0.1, 0.15) is 135 Å². The van der Waals surface area contributed by atoms with Crippen molar-refractivity contribution in [3.05, 3.63) is 131 Å². The number of hydrogen-bond donors (Lipinski definition) is 5. The SMILES string of the molecule is C=CCCC(NC(=O)CN1C(=O)CC(C(C)C)C1=O)C(=O)N[C@@H](C)C(=C)CCCCCc1cc(C(N)=O)cc2nc(NC(=O)c3oc(C)nc3CC)n(C/C=C/Cn3/c(=N/C(=C)c4cc(C)nn4CC)sc4cc(C(=C)N)cc(OC)c43)c12. The molecule has 440 valence electrons. The van der Waals surface area contributed by atoms with Gasteiger partial charge in [0.15, 0.2) is 10.7 Å². The van der Waals surface area contributed by atoms with Crippen molar-refractivity contribution in [2.45, 2.75) is 138 Å². The number of nitrogens with two attached hydrogens (primary N) is 2. The first kappa shape index (κ1) is 61.9. The van der Waals surface area contributed by atoms with E-state index in [-0.39, 0.29) is 48.5 Å². The van der Waals surface area contributed by atoms with E-state index in [1.165, 1.54) is 11.3 Å². The van der Waals surface area contributed by atoms with Crippen molar-refractivity contribution in [3.63, 3.8) is 0 Å². The van der Waals surface area contributed by atoms with Gasteiger partial charge in [-0.05, 0) is 108 Å². The number of aryl methyl sites for hydroxylation is 5. The average Bonchev–Trinajstić information content (AvgIpc) is 3.64. The molecule has 83 heavy (non-hydrogen) atoms. The Bertz CT molecular complexity index is 3630. The maximum absolute atomic E-state index is 14.0. The number of nitrogens with one attached hydrogen (secondary N) is 3. The highest BCUT2D eigenvalue weighted by Crippen LogP contribution is 2.33. The number of amides is 6. The number of fused-ring (bicyclic) bond motifs is 2. The molecule has 4 aromatic heterocycles. The molecule has 0 bridgehead atoms. The van der Waals surface area contributed by atoms with E-state index in [2.05, 4.69) is 52.3 Å². The van der Waals surface area contributed by atoms with Crippen LogP contribution in [-0.2, 0) is 51.7 Å². The first-order valence-electron chi connectivity index (χ1n) is 28.0. The Morgan fingerprint density at radius 2 is 1.67 bits per heavy atom. The first-order chi connectivity index (χ1) is 39.6. The topological polar surface area (TPSA) is 282 Å². The van der Waals surface area contributed by atoms with Gasteiger partial charge in [-0.25, -0.2) is 15.0 Å². The van der Waals surface area contributed by atoms with Gasteiger partial charge in [-0.3, -0.25) is 43.7 Å². The number of allylic oxidation sites excluding steroid dienone is 3. The van der Waals surface area contributed by atoms with Crippen molar-refractivity contribution in [1.29, 1.82) is 0 Å². The van der Waals surface area contributed by atoms with Gasteiger partial charge in [0, 0.05) is 61.8 Å². The summed E-state index contributed by atoms with van der Waals surface area (Å²) in [5, 5.41) is 13.3. The van der Waals surface area contributed by atoms with Gasteiger partial charge in [0.05, 0.1) is 45.6 Å². The molecule has 0 saturated carbocycles. The number of benzene rings is 2. The molecule has 3 atom stereocenters. The molecule has 0 radical (unpaired) electrons. The van der Waals surface area contributed by atoms with Crippen LogP contribution in [0.15, 0.2) is 89.9 Å². The van der Waals surface area contributed by atoms with Crippen LogP contribution in [0.2, 0.25) is 0 Å². The smallest absolute Gasteiger partial charge is 0.295 e. The number of ether oxygens (including phenoxy) is 1. The Kier molecular flexibility index (Phi) is 20.5. The van der Waals surface area contributed by atoms with E-state index in [4.69, 9.17) is 30.6 Å². The number of anilines is 1. The summed E-state index contributed by atoms with van der Waals surface area (Å²) in [6, 6.07) is 7.77. The highest BCUT2D eigenvalue weighted by molar-refractivity contribution is 7.16. The zero-order valence-electron chi connectivity index (χ0n) is 48.9. The predicted octanol–water partition coefficient (Wildman–Crippen LogP) is 8.20. The molecule has 2 aromatic carbocycles. The summed E-state index contributed by atoms with van der Waals surface area (Å²) in [5.41, 5.74) is 19.6. The Balaban J connectivity index is 1.11. The number of carbonyl (C=O) groups excluding carboxylic acids is 6. The number of carbonyl (C=O) groups is 6. The number of hydrogen-bond acceptors (Lipinski definition) is 14. The largest absolute Gasteiger partial charge is 0.494 e. The fourth-order valence-electron chi connectivity index (χ4n) is 10.1. The third-order valence-electron chi connectivity index (χ3n) is 14.7. The van der Waals surface area contributed by atoms with Crippen molar-refractivity contribution in [1.82, 2.24) is 44.4 Å². The summed E-state index contributed by atoms with van der Waals surface area (Å²) in [6.45, 7) is 30.1. The molecule has 1 saturated heterocycles. The number of thiazole rings is 1. The number of primary amides is 1. The van der Waals surface area contributed by atoms with Crippen molar-refractivity contribution in [3.8, 4) is 5.75 Å². The average molecular weight is 1150 g/mol. The first-order valence-corrected chi connectivity index (χ1v) is 28.8. The molecule has 2 unspecified atom stereocenters. The van der Waals surface area contributed by atoms with Crippen LogP contribution in [0.3, 0.4) is 0 Å². The number of oxazole rings is 1. The Morgan fingerprint density at radius 3 is 2.33 bits per heavy atom. The molecular weight excluding hydrogens is 1070 g/mol. The van der Waals surface area contributed by atoms with Crippen LogP contribution in [0, 0.1) is 25.7 Å². The molecule has 5 heterocycles. The van der Waals surface area contributed by atoms with Gasteiger partial charge < -0.3 is 40.4 Å². The molecule has 6 aromatic rings. The lowest BCUT2D eigenvalue weighted by Crippen LogP contribution is -2.52. The number of rotatable bonds is 29. The second-order valence-electron chi connectivity index (χ2n) is 21.1. The third kappa shape index (κ3) is 14.5. The van der Waals surface area contributed by atoms with Gasteiger partial charge in [0.25, 0.3) is 5.91 Å². The van der Waals surface area contributed by atoms with E-state index in [1.807, 2.05) is 85.7 Å². The highest BCUT2D eigenvalue weighted by Gasteiger charge is 2.41. The number of likely N-dealkylation sites (tertiary alicyclic amines) is 1. The summed E-state index contributed by atoms with van der Waals surface area (Å²) in [6.07, 6.45) is 10.1. The van der Waals surface area contributed by atoms with Crippen LogP contribution >= 0.6 is 11.3 Å². The molecule has 7 rings (SSSR count). The number of unbranched alkanes of at least 4 members (excludes halogenated alkanes) is 2. The van der Waals surface area contributed by atoms with Gasteiger partial charge in [-0.1, -0.05) is 82.1 Å². The van der Waals surface area contributed by atoms with E-state index in [1.54, 1.807) is 32.2 Å². The highest BCUT2D eigenvalue weighted by atomic mass is 32.1. The second-order valence-corrected chi connectivity index (χ2v) is 22.1. The van der Waals surface area contributed by atoms with Crippen molar-refractivity contribution in [2.75, 3.05) is 19.0 Å². The van der Waals surface area contributed by atoms with E-state index in [0.29, 0.717) is 89.8 Å². The monoisotopic (exact) mass is 1150 g/mol. The van der Waals surface area contributed by atoms with Crippen molar-refractivity contribution < 1.29 is 37.9 Å². The predicted molar refractivity (Wildman–Crippen MR) is 323 cm³/mol. The molecule has 1 fully saturated rings. The maximum atomic E-state index is 14.0. The molecule has 1 aliphatic heterocycles. The summed E-state index contributed by atoms with van der Waals surface area (Å²) in [5.74, 6) is -2.29. The minimum absolute atomic E-state index is 0.0494. The summed E-state index contributed by atoms with van der Waals surface area (Å²) in [7, 11) is 1.60. The van der Waals surface area contributed by atoms with E-state index in [9.17, 15) is 28.8 Å². The molecule has 6 amide bonds. The molecule has 21 nitrogen and oxygen atoms in total. The zero-order chi connectivity index (χ0) is 60.4. The zero-order valence-corrected chi connectivity index (χ0v) is 49.7. The van der Waals surface area contributed by atoms with Crippen molar-refractivity contribution in [2.24, 2.45) is 28.3 Å². The number of imide groups is 1. The van der Waals surface area contributed by atoms with Gasteiger partial charge in [0.1, 0.15) is 23.9 Å². The molecular formula is C61H77N13O8S.